The van der Waals surface area contributed by atoms with Gasteiger partial charge in [0.2, 0.25) is 0 Å². The van der Waals surface area contributed by atoms with Gasteiger partial charge in [0.1, 0.15) is 24.2 Å². The van der Waals surface area contributed by atoms with E-state index in [9.17, 15) is 36.6 Å². The van der Waals surface area contributed by atoms with Crippen molar-refractivity contribution in [3.63, 3.8) is 0 Å². The summed E-state index contributed by atoms with van der Waals surface area (Å²) in [6.07, 6.45) is -7.05. The number of hydrogen-bond donors (Lipinski definition) is 2. The molecule has 0 fully saturated rings. The zero-order valence-electron chi connectivity index (χ0n) is 16.6. The molecule has 0 aliphatic carbocycles. The summed E-state index contributed by atoms with van der Waals surface area (Å²) in [5.41, 5.74) is -1.89. The minimum Gasteiger partial charge on any atom is -0.491 e. The topological polar surface area (TPSA) is 58.9 Å². The van der Waals surface area contributed by atoms with Crippen molar-refractivity contribution in [3.8, 4) is 23.8 Å². The first kappa shape index (κ1) is 26.8. The van der Waals surface area contributed by atoms with Crippen molar-refractivity contribution < 1.29 is 46.0 Å². The molecule has 0 bridgehead atoms. The number of aliphatic hydroxyl groups is 2. The summed E-state index contributed by atoms with van der Waals surface area (Å²) >= 11 is 1.67. The predicted octanol–water partition coefficient (Wildman–Crippen LogP) is 5.22. The minimum atomic E-state index is -4.61. The molecule has 3 unspecified atom stereocenters. The summed E-state index contributed by atoms with van der Waals surface area (Å²) in [5.74, 6) is 1.65. The molecule has 11 heteroatoms. The summed E-state index contributed by atoms with van der Waals surface area (Å²) in [6, 6.07) is 7.98. The maximum Gasteiger partial charge on any atom is 0.416 e. The maximum absolute atomic E-state index is 12.9. The molecule has 0 saturated heterocycles. The summed E-state index contributed by atoms with van der Waals surface area (Å²) in [4.78, 5) is 0. The molecular weight excluding hydrogens is 569 g/mol. The number of rotatable bonds is 8. The first-order valence-corrected chi connectivity index (χ1v) is 10.2. The van der Waals surface area contributed by atoms with Gasteiger partial charge in [0.25, 0.3) is 0 Å². The molecule has 0 radical (unpaired) electrons. The molecule has 178 valence electrons. The Kier molecular flexibility index (Phi) is 9.04. The van der Waals surface area contributed by atoms with Crippen LogP contribution in [0.4, 0.5) is 26.3 Å². The lowest BCUT2D eigenvalue weighted by atomic mass is 10.1. The van der Waals surface area contributed by atoms with E-state index in [0.29, 0.717) is 0 Å². The Morgan fingerprint density at radius 3 is 2.00 bits per heavy atom. The fourth-order valence-electron chi connectivity index (χ4n) is 2.52. The quantitative estimate of drug-likeness (QED) is 0.253. The summed E-state index contributed by atoms with van der Waals surface area (Å²) in [5, 5.41) is 20.2. The first-order valence-electron chi connectivity index (χ1n) is 9.14. The Hall–Kier alpha value is -2.43. The van der Waals surface area contributed by atoms with E-state index in [-0.39, 0.29) is 15.1 Å². The molecule has 0 aromatic heterocycles. The van der Waals surface area contributed by atoms with Gasteiger partial charge in [-0.05, 0) is 65.1 Å². The van der Waals surface area contributed by atoms with Crippen LogP contribution in [0.3, 0.4) is 0 Å². The van der Waals surface area contributed by atoms with Crippen molar-refractivity contribution in [1.82, 2.24) is 0 Å². The van der Waals surface area contributed by atoms with Crippen LogP contribution in [0.5, 0.6) is 11.5 Å². The zero-order valence-corrected chi connectivity index (χ0v) is 18.7. The second-order valence-electron chi connectivity index (χ2n) is 6.63. The molecule has 2 aromatic carbocycles. The Balaban J connectivity index is 2.13. The van der Waals surface area contributed by atoms with Gasteiger partial charge in [-0.1, -0.05) is 18.1 Å². The Morgan fingerprint density at radius 1 is 0.970 bits per heavy atom. The second kappa shape index (κ2) is 11.1. The van der Waals surface area contributed by atoms with Gasteiger partial charge in [-0.3, -0.25) is 0 Å². The molecule has 3 atom stereocenters. The molecular formula is C22H17F6IO4. The van der Waals surface area contributed by atoms with Crippen LogP contribution < -0.4 is 9.47 Å². The zero-order chi connectivity index (χ0) is 24.8. The average molecular weight is 586 g/mol. The molecule has 0 amide bonds. The van der Waals surface area contributed by atoms with Crippen molar-refractivity contribution in [1.29, 1.82) is 0 Å². The van der Waals surface area contributed by atoms with Gasteiger partial charge in [0, 0.05) is 3.58 Å². The maximum atomic E-state index is 12.9. The standard InChI is InChI=1S/C22H17F6IO4/c1-2-19(31)20(33-17-8-4-6-14(10-17)22(26,27)28)18(29)11-15(30)12-32-16-7-3-5-13(9-16)21(23,24)25/h1,3-11,15,19-20,30-31H,12H2/b18-11+. The van der Waals surface area contributed by atoms with Gasteiger partial charge in [-0.15, -0.1) is 6.42 Å². The van der Waals surface area contributed by atoms with Crippen LogP contribution in [0.15, 0.2) is 58.2 Å². The van der Waals surface area contributed by atoms with E-state index in [2.05, 4.69) is 0 Å². The molecule has 0 spiro atoms. The molecule has 0 aliphatic heterocycles. The summed E-state index contributed by atoms with van der Waals surface area (Å²) in [7, 11) is 0. The SMILES string of the molecule is C#CC(O)C(Oc1cccc(C(F)(F)F)c1)/C(I)=C\C(O)COc1cccc(C(F)(F)F)c1. The fourth-order valence-corrected chi connectivity index (χ4v) is 3.40. The monoisotopic (exact) mass is 586 g/mol. The fraction of sp³-hybridized carbons (Fsp3) is 0.273. The van der Waals surface area contributed by atoms with Crippen molar-refractivity contribution in [2.45, 2.75) is 30.7 Å². The molecule has 2 aromatic rings. The highest BCUT2D eigenvalue weighted by Crippen LogP contribution is 2.33. The molecule has 2 rings (SSSR count). The minimum absolute atomic E-state index is 0.132. The van der Waals surface area contributed by atoms with Crippen LogP contribution >= 0.6 is 22.6 Å². The van der Waals surface area contributed by atoms with Gasteiger partial charge in [0.15, 0.2) is 12.2 Å². The van der Waals surface area contributed by atoms with E-state index in [1.54, 1.807) is 22.6 Å². The lowest BCUT2D eigenvalue weighted by Crippen LogP contribution is -2.32. The number of benzene rings is 2. The summed E-state index contributed by atoms with van der Waals surface area (Å²) in [6.45, 7) is -0.448. The number of aliphatic hydroxyl groups excluding tert-OH is 2. The van der Waals surface area contributed by atoms with Crippen LogP contribution in [-0.4, -0.2) is 35.1 Å². The smallest absolute Gasteiger partial charge is 0.416 e. The normalized spacial score (nSPS) is 15.3. The highest BCUT2D eigenvalue weighted by molar-refractivity contribution is 14.1. The molecule has 2 N–H and O–H groups in total. The largest absolute Gasteiger partial charge is 0.491 e. The van der Waals surface area contributed by atoms with Crippen molar-refractivity contribution in [2.24, 2.45) is 0 Å². The lowest BCUT2D eigenvalue weighted by Gasteiger charge is -2.22. The predicted molar refractivity (Wildman–Crippen MR) is 116 cm³/mol. The molecule has 0 aliphatic rings. The van der Waals surface area contributed by atoms with Crippen LogP contribution in [0.2, 0.25) is 0 Å². The highest BCUT2D eigenvalue weighted by Gasteiger charge is 2.32. The van der Waals surface area contributed by atoms with Gasteiger partial charge >= 0.3 is 12.4 Å². The number of terminal acetylenes is 1. The molecule has 4 nitrogen and oxygen atoms in total. The number of hydrogen-bond acceptors (Lipinski definition) is 4. The third kappa shape index (κ3) is 8.13. The van der Waals surface area contributed by atoms with Crippen LogP contribution in [0.25, 0.3) is 0 Å². The van der Waals surface area contributed by atoms with Crippen molar-refractivity contribution in [2.75, 3.05) is 6.61 Å². The number of halogens is 7. The van der Waals surface area contributed by atoms with E-state index < -0.39 is 48.4 Å². The van der Waals surface area contributed by atoms with E-state index >= 15 is 0 Å². The van der Waals surface area contributed by atoms with Gasteiger partial charge in [0.05, 0.1) is 11.1 Å². The Labute approximate surface area is 199 Å². The van der Waals surface area contributed by atoms with Crippen LogP contribution in [-0.2, 0) is 12.4 Å². The molecule has 33 heavy (non-hydrogen) atoms. The molecule has 0 heterocycles. The second-order valence-corrected chi connectivity index (χ2v) is 7.88. The Morgan fingerprint density at radius 2 is 1.48 bits per heavy atom. The van der Waals surface area contributed by atoms with Gasteiger partial charge in [-0.25, -0.2) is 0 Å². The van der Waals surface area contributed by atoms with Crippen LogP contribution in [0, 0.1) is 12.3 Å². The van der Waals surface area contributed by atoms with E-state index in [1.165, 1.54) is 12.1 Å². The van der Waals surface area contributed by atoms with Gasteiger partial charge in [-0.2, -0.15) is 26.3 Å². The highest BCUT2D eigenvalue weighted by atomic mass is 127. The number of ether oxygens (including phenoxy) is 2. The van der Waals surface area contributed by atoms with Crippen LogP contribution in [0.1, 0.15) is 11.1 Å². The number of alkyl halides is 6. The van der Waals surface area contributed by atoms with E-state index in [4.69, 9.17) is 15.9 Å². The third-order valence-electron chi connectivity index (χ3n) is 4.09. The van der Waals surface area contributed by atoms with E-state index in [0.717, 1.165) is 42.5 Å². The van der Waals surface area contributed by atoms with Crippen molar-refractivity contribution >= 4 is 22.6 Å². The van der Waals surface area contributed by atoms with Crippen molar-refractivity contribution in [3.05, 3.63) is 69.3 Å². The first-order chi connectivity index (χ1) is 15.3. The Bertz CT molecular complexity index is 1010. The lowest BCUT2D eigenvalue weighted by molar-refractivity contribution is -0.138. The third-order valence-corrected chi connectivity index (χ3v) is 5.06. The van der Waals surface area contributed by atoms with Gasteiger partial charge < -0.3 is 19.7 Å². The molecule has 0 saturated carbocycles. The summed E-state index contributed by atoms with van der Waals surface area (Å²) < 4.78 is 87.8. The van der Waals surface area contributed by atoms with E-state index in [1.807, 2.05) is 5.92 Å². The average Bonchev–Trinajstić information content (AvgIpc) is 2.74.